The van der Waals surface area contributed by atoms with E-state index in [0.717, 1.165) is 5.56 Å². The minimum atomic E-state index is -0.242. The number of allylic oxidation sites excluding steroid dienone is 2. The van der Waals surface area contributed by atoms with Gasteiger partial charge in [0.1, 0.15) is 0 Å². The molecule has 8 heteroatoms. The molecule has 27 heavy (non-hydrogen) atoms. The first-order valence-electron chi connectivity index (χ1n) is 8.71. The molecule has 2 N–H and O–H groups in total. The number of aromatic amines is 1. The summed E-state index contributed by atoms with van der Waals surface area (Å²) in [5.41, 5.74) is 2.59. The number of benzene rings is 1. The lowest BCUT2D eigenvalue weighted by Gasteiger charge is -2.06. The zero-order valence-corrected chi connectivity index (χ0v) is 15.8. The van der Waals surface area contributed by atoms with Crippen molar-refractivity contribution >= 4 is 23.9 Å². The van der Waals surface area contributed by atoms with E-state index >= 15 is 0 Å². The van der Waals surface area contributed by atoms with Crippen LogP contribution in [0.2, 0.25) is 0 Å². The number of carbonyl (C=O) groups is 1. The summed E-state index contributed by atoms with van der Waals surface area (Å²) < 4.78 is 1.66. The van der Waals surface area contributed by atoms with Crippen molar-refractivity contribution in [1.29, 1.82) is 0 Å². The average Bonchev–Trinajstić information content (AvgIpc) is 3.35. The van der Waals surface area contributed by atoms with Crippen LogP contribution in [0.5, 0.6) is 0 Å². The molecule has 0 fully saturated rings. The van der Waals surface area contributed by atoms with Gasteiger partial charge in [0.2, 0.25) is 5.82 Å². The monoisotopic (exact) mass is 365 g/mol. The fraction of sp³-hybridized carbons (Fsp3) is 0.211. The Morgan fingerprint density at radius 2 is 2.04 bits per heavy atom. The van der Waals surface area contributed by atoms with Gasteiger partial charge in [0.15, 0.2) is 0 Å². The van der Waals surface area contributed by atoms with E-state index < -0.39 is 0 Å². The number of H-pyrrole nitrogens is 1. The molecule has 0 saturated carbocycles. The lowest BCUT2D eigenvalue weighted by molar-refractivity contribution is 0.102. The van der Waals surface area contributed by atoms with Crippen molar-refractivity contribution in [1.82, 2.24) is 30.4 Å². The van der Waals surface area contributed by atoms with Gasteiger partial charge in [-0.15, -0.1) is 10.2 Å². The maximum atomic E-state index is 12.7. The lowest BCUT2D eigenvalue weighted by atomic mass is 10.1. The van der Waals surface area contributed by atoms with Crippen LogP contribution in [-0.2, 0) is 0 Å². The number of tetrazole rings is 1. The van der Waals surface area contributed by atoms with Crippen LogP contribution in [-0.4, -0.2) is 36.3 Å². The average molecular weight is 365 g/mol. The summed E-state index contributed by atoms with van der Waals surface area (Å²) in [6.45, 7) is 7.79. The van der Waals surface area contributed by atoms with Crippen molar-refractivity contribution in [3.63, 3.8) is 0 Å². The van der Waals surface area contributed by atoms with Crippen LogP contribution >= 0.6 is 0 Å². The summed E-state index contributed by atoms with van der Waals surface area (Å²) in [4.78, 5) is 12.7. The van der Waals surface area contributed by atoms with Crippen LogP contribution < -0.4 is 5.32 Å². The van der Waals surface area contributed by atoms with Crippen molar-refractivity contribution in [2.75, 3.05) is 5.32 Å². The highest BCUT2D eigenvalue weighted by atomic mass is 16.1. The third kappa shape index (κ3) is 4.75. The maximum Gasteiger partial charge on any atom is 0.259 e. The van der Waals surface area contributed by atoms with E-state index in [1.54, 1.807) is 29.2 Å². The smallest absolute Gasteiger partial charge is 0.259 e. The molecule has 140 valence electrons. The van der Waals surface area contributed by atoms with E-state index in [2.05, 4.69) is 31.0 Å². The molecule has 0 spiro atoms. The molecule has 8 nitrogen and oxygen atoms in total. The van der Waals surface area contributed by atoms with Gasteiger partial charge < -0.3 is 5.32 Å². The molecule has 0 radical (unpaired) electrons. The van der Waals surface area contributed by atoms with Gasteiger partial charge in [-0.2, -0.15) is 10.3 Å². The fourth-order valence-electron chi connectivity index (χ4n) is 2.35. The minimum Gasteiger partial charge on any atom is -0.322 e. The Kier molecular flexibility index (Phi) is 7.18. The Bertz CT molecular complexity index is 923. The first kappa shape index (κ1) is 19.8. The van der Waals surface area contributed by atoms with Gasteiger partial charge in [0, 0.05) is 17.5 Å². The molecular weight excluding hydrogens is 342 g/mol. The summed E-state index contributed by atoms with van der Waals surface area (Å²) in [6.07, 6.45) is 8.91. The zero-order valence-electron chi connectivity index (χ0n) is 15.8. The second kappa shape index (κ2) is 9.81. The Morgan fingerprint density at radius 1 is 1.22 bits per heavy atom. The van der Waals surface area contributed by atoms with Gasteiger partial charge in [0.05, 0.1) is 17.5 Å². The van der Waals surface area contributed by atoms with E-state index in [0.29, 0.717) is 22.8 Å². The first-order chi connectivity index (χ1) is 13.2. The molecule has 2 heterocycles. The van der Waals surface area contributed by atoms with Crippen LogP contribution in [0, 0.1) is 0 Å². The topological polar surface area (TPSA) is 101 Å². The quantitative estimate of drug-likeness (QED) is 0.715. The number of hydrogen-bond donors (Lipinski definition) is 2. The molecule has 0 bridgehead atoms. The molecule has 2 aromatic heterocycles. The Hall–Kier alpha value is -3.55. The molecule has 0 aliphatic heterocycles. The summed E-state index contributed by atoms with van der Waals surface area (Å²) in [6, 6.07) is 7.24. The van der Waals surface area contributed by atoms with E-state index in [-0.39, 0.29) is 5.91 Å². The van der Waals surface area contributed by atoms with Crippen LogP contribution in [0.1, 0.15) is 43.7 Å². The fourth-order valence-corrected chi connectivity index (χ4v) is 2.35. The lowest BCUT2D eigenvalue weighted by Crippen LogP contribution is -2.13. The van der Waals surface area contributed by atoms with E-state index in [4.69, 9.17) is 0 Å². The summed E-state index contributed by atoms with van der Waals surface area (Å²) in [7, 11) is 0. The number of hydrogen-bond acceptors (Lipinski definition) is 5. The molecule has 0 saturated heterocycles. The number of amides is 1. The number of aromatic nitrogens is 6. The van der Waals surface area contributed by atoms with Gasteiger partial charge in [-0.05, 0) is 37.3 Å². The van der Waals surface area contributed by atoms with Crippen molar-refractivity contribution in [2.24, 2.45) is 0 Å². The molecule has 1 amide bonds. The number of carbonyl (C=O) groups excluding carboxylic acids is 1. The number of nitrogens with one attached hydrogen (secondary N) is 2. The third-order valence-corrected chi connectivity index (χ3v) is 3.42. The Labute approximate surface area is 158 Å². The zero-order chi connectivity index (χ0) is 19.6. The highest BCUT2D eigenvalue weighted by molar-refractivity contribution is 6.06. The highest BCUT2D eigenvalue weighted by Gasteiger charge is 2.15. The Balaban J connectivity index is 0.00000126. The van der Waals surface area contributed by atoms with Crippen LogP contribution in [0.3, 0.4) is 0 Å². The second-order valence-corrected chi connectivity index (χ2v) is 5.14. The Morgan fingerprint density at radius 3 is 2.70 bits per heavy atom. The predicted octanol–water partition coefficient (Wildman–Crippen LogP) is 3.87. The third-order valence-electron chi connectivity index (χ3n) is 3.42. The number of anilines is 1. The van der Waals surface area contributed by atoms with E-state index in [9.17, 15) is 4.79 Å². The van der Waals surface area contributed by atoms with Gasteiger partial charge in [0.25, 0.3) is 5.91 Å². The number of nitrogens with zero attached hydrogens (tertiary/aromatic N) is 5. The molecule has 0 aliphatic rings. The standard InChI is InChI=1S/C17H17N7O.C2H6/c1-3-6-15-14(11-18-24(15)9-4-2)17(25)19-13-8-5-7-12(10-13)16-20-22-23-21-16;1-2/h3-11H,1-2H3,(H,19,25)(H,20,21,22,23);1-2H3/b6-3-,9-4-;. The van der Waals surface area contributed by atoms with Gasteiger partial charge in [-0.1, -0.05) is 38.1 Å². The predicted molar refractivity (Wildman–Crippen MR) is 107 cm³/mol. The molecule has 3 aromatic rings. The molecule has 0 atom stereocenters. The van der Waals surface area contributed by atoms with Crippen molar-refractivity contribution in [3.05, 3.63) is 53.9 Å². The van der Waals surface area contributed by atoms with Crippen LogP contribution in [0.4, 0.5) is 5.69 Å². The molecule has 0 unspecified atom stereocenters. The second-order valence-electron chi connectivity index (χ2n) is 5.14. The summed E-state index contributed by atoms with van der Waals surface area (Å²) in [5, 5.41) is 20.9. The maximum absolute atomic E-state index is 12.7. The van der Waals surface area contributed by atoms with Crippen molar-refractivity contribution < 1.29 is 4.79 Å². The van der Waals surface area contributed by atoms with Crippen molar-refractivity contribution in [3.8, 4) is 11.4 Å². The molecule has 1 aromatic carbocycles. The molecule has 3 rings (SSSR count). The van der Waals surface area contributed by atoms with Crippen LogP contribution in [0.25, 0.3) is 23.7 Å². The molecular formula is C19H23N7O. The molecule has 0 aliphatic carbocycles. The van der Waals surface area contributed by atoms with E-state index in [1.807, 2.05) is 58.1 Å². The minimum absolute atomic E-state index is 0.242. The summed E-state index contributed by atoms with van der Waals surface area (Å²) in [5.74, 6) is 0.223. The normalized spacial score (nSPS) is 10.8. The van der Waals surface area contributed by atoms with Gasteiger partial charge >= 0.3 is 0 Å². The highest BCUT2D eigenvalue weighted by Crippen LogP contribution is 2.20. The van der Waals surface area contributed by atoms with Gasteiger partial charge in [-0.25, -0.2) is 4.68 Å². The van der Waals surface area contributed by atoms with Crippen LogP contribution in [0.15, 0.2) is 42.6 Å². The first-order valence-corrected chi connectivity index (χ1v) is 8.71. The largest absolute Gasteiger partial charge is 0.322 e. The SMILES string of the molecule is C/C=C\c1c(C(=O)Nc2cccc(-c3nn[nH]n3)c2)cnn1/C=C\C.CC. The summed E-state index contributed by atoms with van der Waals surface area (Å²) >= 11 is 0. The van der Waals surface area contributed by atoms with E-state index in [1.165, 1.54) is 0 Å². The van der Waals surface area contributed by atoms with Crippen molar-refractivity contribution in [2.45, 2.75) is 27.7 Å². The van der Waals surface area contributed by atoms with Gasteiger partial charge in [-0.3, -0.25) is 4.79 Å². The number of rotatable bonds is 5.